The maximum absolute atomic E-state index is 5.41. The highest BCUT2D eigenvalue weighted by atomic mass is 16.5. The van der Waals surface area contributed by atoms with E-state index in [1.54, 1.807) is 14.2 Å². The molecule has 0 aliphatic rings. The van der Waals surface area contributed by atoms with Gasteiger partial charge in [-0.3, -0.25) is 0 Å². The second-order valence-corrected chi connectivity index (χ2v) is 4.75. The number of aromatic nitrogens is 2. The highest BCUT2D eigenvalue weighted by molar-refractivity contribution is 5.63. The summed E-state index contributed by atoms with van der Waals surface area (Å²) < 4.78 is 10.5. The third-order valence-electron chi connectivity index (χ3n) is 3.01. The van der Waals surface area contributed by atoms with Crippen LogP contribution in [0.1, 0.15) is 13.3 Å². The topological polar surface area (TPSA) is 71.5 Å². The molecular weight excluding hydrogens is 270 g/mol. The van der Waals surface area contributed by atoms with Crippen molar-refractivity contribution in [3.63, 3.8) is 0 Å². The molecule has 0 saturated heterocycles. The Bertz CT molecular complexity index is 403. The molecule has 1 heterocycles. The van der Waals surface area contributed by atoms with E-state index in [1.807, 2.05) is 0 Å². The molecule has 0 aromatic carbocycles. The third kappa shape index (κ3) is 6.14. The quantitative estimate of drug-likeness (QED) is 0.638. The van der Waals surface area contributed by atoms with Crippen LogP contribution in [0.5, 0.6) is 5.75 Å². The number of hydrogen-bond donors (Lipinski definition) is 2. The molecule has 7 heteroatoms. The van der Waals surface area contributed by atoms with Gasteiger partial charge in [0.15, 0.2) is 11.6 Å². The van der Waals surface area contributed by atoms with E-state index in [0.717, 1.165) is 45.0 Å². The Labute approximate surface area is 127 Å². The molecule has 1 rings (SSSR count). The molecule has 1 aromatic rings. The number of ether oxygens (including phenoxy) is 2. The maximum Gasteiger partial charge on any atom is 0.204 e. The van der Waals surface area contributed by atoms with Gasteiger partial charge in [-0.05, 0) is 13.5 Å². The van der Waals surface area contributed by atoms with Crippen molar-refractivity contribution in [1.82, 2.24) is 14.9 Å². The molecule has 0 aliphatic carbocycles. The fourth-order valence-electron chi connectivity index (χ4n) is 1.79. The van der Waals surface area contributed by atoms with Crippen LogP contribution in [0.3, 0.4) is 0 Å². The summed E-state index contributed by atoms with van der Waals surface area (Å²) in [7, 11) is 5.40. The normalized spacial score (nSPS) is 10.7. The lowest BCUT2D eigenvalue weighted by Gasteiger charge is -2.18. The summed E-state index contributed by atoms with van der Waals surface area (Å²) in [5.41, 5.74) is 0. The van der Waals surface area contributed by atoms with Gasteiger partial charge in [0, 0.05) is 33.3 Å². The SMILES string of the molecule is CCCNc1ncnc(NCCN(C)CCOC)c1OC. The van der Waals surface area contributed by atoms with Gasteiger partial charge in [-0.1, -0.05) is 6.92 Å². The van der Waals surface area contributed by atoms with Crippen LogP contribution >= 0.6 is 0 Å². The number of hydrogen-bond acceptors (Lipinski definition) is 7. The summed E-state index contributed by atoms with van der Waals surface area (Å²) in [5.74, 6) is 2.10. The highest BCUT2D eigenvalue weighted by Crippen LogP contribution is 2.28. The maximum atomic E-state index is 5.41. The molecule has 0 atom stereocenters. The van der Waals surface area contributed by atoms with Gasteiger partial charge in [-0.25, -0.2) is 9.97 Å². The van der Waals surface area contributed by atoms with E-state index in [-0.39, 0.29) is 0 Å². The van der Waals surface area contributed by atoms with Crippen molar-refractivity contribution in [1.29, 1.82) is 0 Å². The van der Waals surface area contributed by atoms with E-state index < -0.39 is 0 Å². The van der Waals surface area contributed by atoms with Gasteiger partial charge in [-0.15, -0.1) is 0 Å². The van der Waals surface area contributed by atoms with Crippen molar-refractivity contribution in [3.05, 3.63) is 6.33 Å². The molecule has 0 aliphatic heterocycles. The zero-order valence-electron chi connectivity index (χ0n) is 13.5. The number of anilines is 2. The summed E-state index contributed by atoms with van der Waals surface area (Å²) in [6.45, 7) is 6.28. The molecule has 21 heavy (non-hydrogen) atoms. The van der Waals surface area contributed by atoms with Crippen molar-refractivity contribution in [2.75, 3.05) is 64.7 Å². The predicted molar refractivity (Wildman–Crippen MR) is 85.2 cm³/mol. The molecule has 0 bridgehead atoms. The zero-order valence-corrected chi connectivity index (χ0v) is 13.5. The van der Waals surface area contributed by atoms with Crippen LogP contribution in [0.15, 0.2) is 6.33 Å². The predicted octanol–water partition coefficient (Wildman–Crippen LogP) is 1.30. The summed E-state index contributed by atoms with van der Waals surface area (Å²) in [6.07, 6.45) is 2.57. The lowest BCUT2D eigenvalue weighted by atomic mass is 10.4. The molecule has 0 spiro atoms. The van der Waals surface area contributed by atoms with Gasteiger partial charge < -0.3 is 25.0 Å². The summed E-state index contributed by atoms with van der Waals surface area (Å²) in [6, 6.07) is 0. The lowest BCUT2D eigenvalue weighted by Crippen LogP contribution is -2.28. The average Bonchev–Trinajstić information content (AvgIpc) is 2.50. The van der Waals surface area contributed by atoms with Crippen LogP contribution in [-0.2, 0) is 4.74 Å². The lowest BCUT2D eigenvalue weighted by molar-refractivity contribution is 0.163. The van der Waals surface area contributed by atoms with Crippen LogP contribution in [0.2, 0.25) is 0 Å². The van der Waals surface area contributed by atoms with Crippen LogP contribution < -0.4 is 15.4 Å². The Morgan fingerprint density at radius 3 is 2.33 bits per heavy atom. The average molecular weight is 297 g/mol. The molecule has 2 N–H and O–H groups in total. The molecular formula is C14H27N5O2. The minimum absolute atomic E-state index is 0.658. The van der Waals surface area contributed by atoms with Gasteiger partial charge in [-0.2, -0.15) is 0 Å². The van der Waals surface area contributed by atoms with Crippen molar-refractivity contribution in [2.24, 2.45) is 0 Å². The van der Waals surface area contributed by atoms with Gasteiger partial charge in [0.1, 0.15) is 6.33 Å². The molecule has 0 radical (unpaired) electrons. The molecule has 0 saturated carbocycles. The van der Waals surface area contributed by atoms with E-state index in [0.29, 0.717) is 11.6 Å². The van der Waals surface area contributed by atoms with E-state index >= 15 is 0 Å². The second kappa shape index (κ2) is 10.2. The van der Waals surface area contributed by atoms with Crippen LogP contribution in [0, 0.1) is 0 Å². The van der Waals surface area contributed by atoms with Crippen LogP contribution in [0.4, 0.5) is 11.6 Å². The Kier molecular flexibility index (Phi) is 8.45. The van der Waals surface area contributed by atoms with Gasteiger partial charge in [0.05, 0.1) is 13.7 Å². The standard InChI is InChI=1S/C14H27N5O2/c1-5-6-15-13-12(21-4)14(18-11-17-13)16-7-8-19(2)9-10-20-3/h11H,5-10H2,1-4H3,(H2,15,16,17,18). The smallest absolute Gasteiger partial charge is 0.204 e. The molecule has 0 fully saturated rings. The van der Waals surface area contributed by atoms with Gasteiger partial charge in [0.25, 0.3) is 0 Å². The molecule has 0 unspecified atom stereocenters. The fraction of sp³-hybridized carbons (Fsp3) is 0.714. The molecule has 7 nitrogen and oxygen atoms in total. The first-order chi connectivity index (χ1) is 10.2. The molecule has 120 valence electrons. The van der Waals surface area contributed by atoms with Crippen molar-refractivity contribution in [2.45, 2.75) is 13.3 Å². The van der Waals surface area contributed by atoms with Crippen molar-refractivity contribution in [3.8, 4) is 5.75 Å². The summed E-state index contributed by atoms with van der Waals surface area (Å²) in [4.78, 5) is 10.7. The minimum atomic E-state index is 0.658. The first-order valence-electron chi connectivity index (χ1n) is 7.27. The number of likely N-dealkylation sites (N-methyl/N-ethyl adjacent to an activating group) is 1. The second-order valence-electron chi connectivity index (χ2n) is 4.75. The van der Waals surface area contributed by atoms with Gasteiger partial charge in [0.2, 0.25) is 5.75 Å². The minimum Gasteiger partial charge on any atom is -0.490 e. The first-order valence-corrected chi connectivity index (χ1v) is 7.27. The zero-order chi connectivity index (χ0) is 15.5. The van der Waals surface area contributed by atoms with Crippen molar-refractivity contribution < 1.29 is 9.47 Å². The van der Waals surface area contributed by atoms with Crippen LogP contribution in [-0.4, -0.2) is 68.9 Å². The van der Waals surface area contributed by atoms with Crippen LogP contribution in [0.25, 0.3) is 0 Å². The number of rotatable bonds is 11. The number of methoxy groups -OCH3 is 2. The first kappa shape index (κ1) is 17.5. The summed E-state index contributed by atoms with van der Waals surface area (Å²) >= 11 is 0. The monoisotopic (exact) mass is 297 g/mol. The number of nitrogens with one attached hydrogen (secondary N) is 2. The highest BCUT2D eigenvalue weighted by Gasteiger charge is 2.11. The number of nitrogens with zero attached hydrogens (tertiary/aromatic N) is 3. The summed E-state index contributed by atoms with van der Waals surface area (Å²) in [5, 5.41) is 6.53. The van der Waals surface area contributed by atoms with E-state index in [9.17, 15) is 0 Å². The van der Waals surface area contributed by atoms with Crippen molar-refractivity contribution >= 4 is 11.6 Å². The van der Waals surface area contributed by atoms with Gasteiger partial charge >= 0.3 is 0 Å². The Morgan fingerprint density at radius 1 is 1.10 bits per heavy atom. The molecule has 0 amide bonds. The Morgan fingerprint density at radius 2 is 1.76 bits per heavy atom. The van der Waals surface area contributed by atoms with E-state index in [2.05, 4.69) is 39.5 Å². The Balaban J connectivity index is 2.53. The largest absolute Gasteiger partial charge is 0.490 e. The van der Waals surface area contributed by atoms with E-state index in [1.165, 1.54) is 6.33 Å². The fourth-order valence-corrected chi connectivity index (χ4v) is 1.79. The van der Waals surface area contributed by atoms with E-state index in [4.69, 9.17) is 9.47 Å². The molecule has 1 aromatic heterocycles. The Hall–Kier alpha value is -1.60. The third-order valence-corrected chi connectivity index (χ3v) is 3.01.